The van der Waals surface area contributed by atoms with E-state index in [-0.39, 0.29) is 20.8 Å². The first-order valence-corrected chi connectivity index (χ1v) is 12.5. The molecule has 0 spiro atoms. The fraction of sp³-hybridized carbons (Fsp3) is 0.154. The lowest BCUT2D eigenvalue weighted by molar-refractivity contribution is -0.137. The van der Waals surface area contributed by atoms with Crippen molar-refractivity contribution in [1.29, 1.82) is 0 Å². The molecule has 0 aliphatic carbocycles. The highest BCUT2D eigenvalue weighted by atomic mass is 35.5. The number of carbonyl (C=O) groups excluding carboxylic acids is 1. The molecule has 0 atom stereocenters. The first-order valence-electron chi connectivity index (χ1n) is 10.9. The third-order valence-corrected chi connectivity index (χ3v) is 6.41. The smallest absolute Gasteiger partial charge is 0.418 e. The summed E-state index contributed by atoms with van der Waals surface area (Å²) >= 11 is 12.6. The summed E-state index contributed by atoms with van der Waals surface area (Å²) in [5, 5.41) is 3.09. The van der Waals surface area contributed by atoms with Crippen LogP contribution in [0.25, 0.3) is 6.08 Å². The van der Waals surface area contributed by atoms with Crippen LogP contribution in [0.2, 0.25) is 10.0 Å². The Morgan fingerprint density at radius 2 is 1.70 bits per heavy atom. The van der Waals surface area contributed by atoms with E-state index in [1.54, 1.807) is 36.4 Å². The predicted molar refractivity (Wildman–Crippen MR) is 141 cm³/mol. The SMILES string of the molecule is CCOc1cc(/C=C2\SC(=Nc3ccc(Cl)cc3C(F)(F)F)NC2=O)ccc1OCc1ccc(Cl)cc1. The van der Waals surface area contributed by atoms with Crippen LogP contribution >= 0.6 is 35.0 Å². The van der Waals surface area contributed by atoms with Crippen LogP contribution in [0.3, 0.4) is 0 Å². The second-order valence-corrected chi connectivity index (χ2v) is 9.60. The lowest BCUT2D eigenvalue weighted by atomic mass is 10.2. The Labute approximate surface area is 225 Å². The first-order chi connectivity index (χ1) is 17.6. The van der Waals surface area contributed by atoms with Gasteiger partial charge in [0.15, 0.2) is 16.7 Å². The van der Waals surface area contributed by atoms with Gasteiger partial charge in [0.2, 0.25) is 0 Å². The van der Waals surface area contributed by atoms with Crippen molar-refractivity contribution in [2.75, 3.05) is 6.61 Å². The van der Waals surface area contributed by atoms with Crippen molar-refractivity contribution >= 4 is 57.8 Å². The molecule has 0 saturated carbocycles. The van der Waals surface area contributed by atoms with E-state index in [2.05, 4.69) is 10.3 Å². The van der Waals surface area contributed by atoms with E-state index in [4.69, 9.17) is 32.7 Å². The maximum Gasteiger partial charge on any atom is 0.418 e. The Morgan fingerprint density at radius 3 is 2.41 bits per heavy atom. The molecule has 1 heterocycles. The molecule has 0 aromatic heterocycles. The van der Waals surface area contributed by atoms with Crippen molar-refractivity contribution in [1.82, 2.24) is 5.32 Å². The minimum atomic E-state index is -4.65. The van der Waals surface area contributed by atoms with Crippen molar-refractivity contribution in [3.63, 3.8) is 0 Å². The van der Waals surface area contributed by atoms with Crippen LogP contribution in [0.15, 0.2) is 70.6 Å². The Kier molecular flexibility index (Phi) is 8.36. The molecule has 0 bridgehead atoms. The number of alkyl halides is 3. The fourth-order valence-corrected chi connectivity index (χ4v) is 4.45. The molecule has 0 radical (unpaired) electrons. The number of rotatable bonds is 7. The van der Waals surface area contributed by atoms with E-state index in [1.807, 2.05) is 19.1 Å². The summed E-state index contributed by atoms with van der Waals surface area (Å²) in [5.74, 6) is 0.526. The van der Waals surface area contributed by atoms with E-state index >= 15 is 0 Å². The zero-order valence-corrected chi connectivity index (χ0v) is 21.6. The van der Waals surface area contributed by atoms with Crippen LogP contribution in [0.4, 0.5) is 18.9 Å². The fourth-order valence-electron chi connectivity index (χ4n) is 3.32. The number of thioether (sulfide) groups is 1. The summed E-state index contributed by atoms with van der Waals surface area (Å²) in [7, 11) is 0. The number of aliphatic imine (C=N–C) groups is 1. The monoisotopic (exact) mass is 566 g/mol. The second-order valence-electron chi connectivity index (χ2n) is 7.70. The Bertz CT molecular complexity index is 1380. The molecule has 37 heavy (non-hydrogen) atoms. The number of halogens is 5. The molecular formula is C26H19Cl2F3N2O3S. The van der Waals surface area contributed by atoms with Crippen molar-refractivity contribution < 1.29 is 27.4 Å². The molecule has 1 saturated heterocycles. The van der Waals surface area contributed by atoms with Crippen molar-refractivity contribution in [2.24, 2.45) is 4.99 Å². The molecule has 5 nitrogen and oxygen atoms in total. The van der Waals surface area contributed by atoms with Crippen LogP contribution in [0, 0.1) is 0 Å². The molecule has 1 N–H and O–H groups in total. The topological polar surface area (TPSA) is 59.9 Å². The number of amides is 1. The van der Waals surface area contributed by atoms with Crippen LogP contribution in [-0.4, -0.2) is 17.7 Å². The van der Waals surface area contributed by atoms with Gasteiger partial charge in [-0.25, -0.2) is 4.99 Å². The molecule has 4 rings (SSSR count). The lowest BCUT2D eigenvalue weighted by Gasteiger charge is -2.13. The van der Waals surface area contributed by atoms with E-state index in [0.29, 0.717) is 35.3 Å². The summed E-state index contributed by atoms with van der Waals surface area (Å²) in [6, 6.07) is 15.7. The molecule has 1 aliphatic rings. The molecule has 3 aromatic rings. The Hall–Kier alpha value is -3.14. The van der Waals surface area contributed by atoms with Crippen molar-refractivity contribution in [3.05, 3.63) is 92.3 Å². The maximum absolute atomic E-state index is 13.4. The van der Waals surface area contributed by atoms with Gasteiger partial charge in [-0.2, -0.15) is 13.2 Å². The average Bonchev–Trinajstić information content (AvgIpc) is 3.18. The normalized spacial score (nSPS) is 15.8. The summed E-state index contributed by atoms with van der Waals surface area (Å²) in [5.41, 5.74) is 0.235. The maximum atomic E-state index is 13.4. The van der Waals surface area contributed by atoms with Crippen LogP contribution in [0.5, 0.6) is 11.5 Å². The van der Waals surface area contributed by atoms with Gasteiger partial charge < -0.3 is 14.8 Å². The van der Waals surface area contributed by atoms with Gasteiger partial charge in [-0.15, -0.1) is 0 Å². The predicted octanol–water partition coefficient (Wildman–Crippen LogP) is 7.88. The number of amidine groups is 1. The minimum Gasteiger partial charge on any atom is -0.490 e. The molecule has 3 aromatic carbocycles. The first kappa shape index (κ1) is 26.9. The van der Waals surface area contributed by atoms with Gasteiger partial charge >= 0.3 is 6.18 Å². The summed E-state index contributed by atoms with van der Waals surface area (Å²) < 4.78 is 51.8. The molecule has 0 unspecified atom stereocenters. The van der Waals surface area contributed by atoms with Crippen LogP contribution in [-0.2, 0) is 17.6 Å². The number of nitrogens with one attached hydrogen (secondary N) is 1. The molecule has 1 amide bonds. The minimum absolute atomic E-state index is 0.0250. The van der Waals surface area contributed by atoms with Gasteiger partial charge in [0, 0.05) is 10.0 Å². The zero-order chi connectivity index (χ0) is 26.6. The third-order valence-electron chi connectivity index (χ3n) is 5.01. The van der Waals surface area contributed by atoms with E-state index < -0.39 is 17.6 Å². The highest BCUT2D eigenvalue weighted by molar-refractivity contribution is 8.18. The molecule has 11 heteroatoms. The third kappa shape index (κ3) is 7.00. The van der Waals surface area contributed by atoms with Gasteiger partial charge in [-0.3, -0.25) is 4.79 Å². The van der Waals surface area contributed by atoms with Gasteiger partial charge in [0.25, 0.3) is 5.91 Å². The summed E-state index contributed by atoms with van der Waals surface area (Å²) in [4.78, 5) is 16.8. The molecule has 1 aliphatic heterocycles. The Balaban J connectivity index is 1.54. The van der Waals surface area contributed by atoms with Crippen LogP contribution in [0.1, 0.15) is 23.6 Å². The lowest BCUT2D eigenvalue weighted by Crippen LogP contribution is -2.19. The largest absolute Gasteiger partial charge is 0.490 e. The van der Waals surface area contributed by atoms with Crippen molar-refractivity contribution in [3.8, 4) is 11.5 Å². The number of carbonyl (C=O) groups is 1. The standard InChI is InChI=1S/C26H19Cl2F3N2O3S/c1-2-35-22-11-16(5-10-21(22)36-14-15-3-6-17(27)7-4-15)12-23-24(34)33-25(37-23)32-20-9-8-18(28)13-19(20)26(29,30)31/h3-13H,2,14H2,1H3,(H,32,33,34)/b23-12-. The van der Waals surface area contributed by atoms with E-state index in [0.717, 1.165) is 29.5 Å². The average molecular weight is 567 g/mol. The highest BCUT2D eigenvalue weighted by Crippen LogP contribution is 2.39. The van der Waals surface area contributed by atoms with Crippen molar-refractivity contribution in [2.45, 2.75) is 19.7 Å². The van der Waals surface area contributed by atoms with Crippen LogP contribution < -0.4 is 14.8 Å². The van der Waals surface area contributed by atoms with Gasteiger partial charge in [0.1, 0.15) is 6.61 Å². The van der Waals surface area contributed by atoms with Gasteiger partial charge in [-0.05, 0) is 78.4 Å². The second kappa shape index (κ2) is 11.5. The highest BCUT2D eigenvalue weighted by Gasteiger charge is 2.34. The van der Waals surface area contributed by atoms with Gasteiger partial charge in [0.05, 0.1) is 22.8 Å². The molecule has 192 valence electrons. The molecular weight excluding hydrogens is 548 g/mol. The van der Waals surface area contributed by atoms with E-state index in [9.17, 15) is 18.0 Å². The zero-order valence-electron chi connectivity index (χ0n) is 19.2. The number of benzene rings is 3. The number of nitrogens with zero attached hydrogens (tertiary/aromatic N) is 1. The van der Waals surface area contributed by atoms with E-state index in [1.165, 1.54) is 6.07 Å². The number of ether oxygens (including phenoxy) is 2. The number of hydrogen-bond acceptors (Lipinski definition) is 5. The quantitative estimate of drug-likeness (QED) is 0.295. The Morgan fingerprint density at radius 1 is 0.973 bits per heavy atom. The van der Waals surface area contributed by atoms with Gasteiger partial charge in [-0.1, -0.05) is 41.4 Å². The number of hydrogen-bond donors (Lipinski definition) is 1. The molecule has 1 fully saturated rings. The summed E-state index contributed by atoms with van der Waals surface area (Å²) in [6.07, 6.45) is -3.05. The summed E-state index contributed by atoms with van der Waals surface area (Å²) in [6.45, 7) is 2.54.